The summed E-state index contributed by atoms with van der Waals surface area (Å²) in [7, 11) is 1.67. The first-order valence-electron chi connectivity index (χ1n) is 10.3. The number of guanidine groups is 1. The predicted molar refractivity (Wildman–Crippen MR) is 113 cm³/mol. The van der Waals surface area contributed by atoms with E-state index in [9.17, 15) is 13.2 Å². The lowest BCUT2D eigenvalue weighted by Gasteiger charge is -2.31. The topological polar surface area (TPSA) is 66.6 Å². The van der Waals surface area contributed by atoms with Gasteiger partial charge in [0.05, 0.1) is 12.1 Å². The number of pyridine rings is 1. The van der Waals surface area contributed by atoms with E-state index in [0.29, 0.717) is 19.0 Å². The molecule has 0 spiro atoms. The van der Waals surface area contributed by atoms with Crippen molar-refractivity contribution in [3.05, 3.63) is 65.6 Å². The first-order valence-corrected chi connectivity index (χ1v) is 10.3. The average molecular weight is 430 g/mol. The molecule has 0 unspecified atom stereocenters. The van der Waals surface area contributed by atoms with E-state index in [-0.39, 0.29) is 5.41 Å². The van der Waals surface area contributed by atoms with Gasteiger partial charge in [0.2, 0.25) is 0 Å². The van der Waals surface area contributed by atoms with Crippen LogP contribution < -0.4 is 10.6 Å². The number of nitrogens with zero attached hydrogens (tertiary/aromatic N) is 4. The van der Waals surface area contributed by atoms with Gasteiger partial charge in [-0.1, -0.05) is 37.1 Å². The number of fused-ring (bicyclic) bond motifs is 1. The summed E-state index contributed by atoms with van der Waals surface area (Å²) in [4.78, 5) is 4.27. The van der Waals surface area contributed by atoms with E-state index in [1.54, 1.807) is 13.1 Å². The Balaban J connectivity index is 1.46. The number of alkyl halides is 3. The normalized spacial score (nSPS) is 16.6. The first-order chi connectivity index (χ1) is 14.9. The lowest BCUT2D eigenvalue weighted by Crippen LogP contribution is -2.44. The van der Waals surface area contributed by atoms with Gasteiger partial charge in [-0.05, 0) is 36.6 Å². The molecule has 2 N–H and O–H groups in total. The minimum atomic E-state index is -4.35. The number of aliphatic imine (C=N–C) groups is 1. The zero-order valence-corrected chi connectivity index (χ0v) is 17.3. The summed E-state index contributed by atoms with van der Waals surface area (Å²) in [6, 6.07) is 11.4. The first kappa shape index (κ1) is 21.1. The molecule has 0 aliphatic heterocycles. The van der Waals surface area contributed by atoms with Crippen LogP contribution in [0.25, 0.3) is 5.65 Å². The molecule has 1 saturated carbocycles. The van der Waals surface area contributed by atoms with Crippen LogP contribution in [0.15, 0.2) is 53.7 Å². The quantitative estimate of drug-likeness (QED) is 0.476. The van der Waals surface area contributed by atoms with Gasteiger partial charge < -0.3 is 10.6 Å². The molecule has 4 rings (SSSR count). The summed E-state index contributed by atoms with van der Waals surface area (Å²) >= 11 is 0. The molecule has 2 heterocycles. The van der Waals surface area contributed by atoms with E-state index in [2.05, 4.69) is 25.8 Å². The highest BCUT2D eigenvalue weighted by Crippen LogP contribution is 2.42. The van der Waals surface area contributed by atoms with E-state index >= 15 is 0 Å². The maximum Gasteiger partial charge on any atom is 0.416 e. The predicted octanol–water partition coefficient (Wildman–Crippen LogP) is 3.93. The molecule has 1 aliphatic carbocycles. The van der Waals surface area contributed by atoms with Crippen LogP contribution in [0.5, 0.6) is 0 Å². The zero-order valence-electron chi connectivity index (χ0n) is 17.3. The van der Waals surface area contributed by atoms with Gasteiger partial charge in [0.25, 0.3) is 0 Å². The minimum absolute atomic E-state index is 0.347. The van der Waals surface area contributed by atoms with Crippen molar-refractivity contribution in [1.82, 2.24) is 25.2 Å². The van der Waals surface area contributed by atoms with Crippen molar-refractivity contribution in [2.24, 2.45) is 4.99 Å². The van der Waals surface area contributed by atoms with Gasteiger partial charge in [-0.25, -0.2) is 0 Å². The molecule has 31 heavy (non-hydrogen) atoms. The van der Waals surface area contributed by atoms with Gasteiger partial charge in [0, 0.05) is 25.2 Å². The Hall–Kier alpha value is -3.10. The van der Waals surface area contributed by atoms with E-state index in [1.165, 1.54) is 12.1 Å². The van der Waals surface area contributed by atoms with Crippen LogP contribution in [0.3, 0.4) is 0 Å². The number of halogens is 3. The Kier molecular flexibility index (Phi) is 5.84. The highest BCUT2D eigenvalue weighted by atomic mass is 19.4. The minimum Gasteiger partial charge on any atom is -0.356 e. The molecule has 0 atom stereocenters. The molecule has 1 fully saturated rings. The third-order valence-corrected chi connectivity index (χ3v) is 5.98. The zero-order chi connectivity index (χ0) is 21.9. The lowest BCUT2D eigenvalue weighted by molar-refractivity contribution is -0.137. The Bertz CT molecular complexity index is 1070. The van der Waals surface area contributed by atoms with Gasteiger partial charge >= 0.3 is 6.18 Å². The van der Waals surface area contributed by atoms with E-state index < -0.39 is 11.7 Å². The fourth-order valence-electron chi connectivity index (χ4n) is 4.29. The van der Waals surface area contributed by atoms with Crippen molar-refractivity contribution in [3.63, 3.8) is 0 Å². The molecule has 3 aromatic rings. The summed E-state index contributed by atoms with van der Waals surface area (Å²) in [6.45, 7) is 0.927. The van der Waals surface area contributed by atoms with Crippen LogP contribution in [-0.4, -0.2) is 34.2 Å². The summed E-state index contributed by atoms with van der Waals surface area (Å²) < 4.78 is 41.6. The fraction of sp³-hybridized carbons (Fsp3) is 0.409. The number of hydrogen-bond acceptors (Lipinski definition) is 3. The molecule has 6 nitrogen and oxygen atoms in total. The van der Waals surface area contributed by atoms with E-state index in [0.717, 1.165) is 48.8 Å². The monoisotopic (exact) mass is 430 g/mol. The third-order valence-electron chi connectivity index (χ3n) is 5.98. The van der Waals surface area contributed by atoms with Gasteiger partial charge in [0.15, 0.2) is 17.4 Å². The van der Waals surface area contributed by atoms with Crippen molar-refractivity contribution in [2.75, 3.05) is 13.6 Å². The van der Waals surface area contributed by atoms with Crippen LogP contribution in [0.1, 0.15) is 42.6 Å². The molecule has 0 bridgehead atoms. The maximum absolute atomic E-state index is 13.2. The Labute approximate surface area is 178 Å². The van der Waals surface area contributed by atoms with Gasteiger partial charge in [-0.15, -0.1) is 10.2 Å². The van der Waals surface area contributed by atoms with Crippen molar-refractivity contribution in [2.45, 2.75) is 43.8 Å². The number of aromatic nitrogens is 3. The summed E-state index contributed by atoms with van der Waals surface area (Å²) in [5, 5.41) is 14.9. The molecular weight excluding hydrogens is 405 g/mol. The molecular formula is C22H25F3N6. The molecule has 1 aromatic carbocycles. The van der Waals surface area contributed by atoms with Crippen LogP contribution in [0.2, 0.25) is 0 Å². The molecule has 0 amide bonds. The van der Waals surface area contributed by atoms with Crippen LogP contribution in [0.4, 0.5) is 13.2 Å². The second kappa shape index (κ2) is 8.56. The fourth-order valence-corrected chi connectivity index (χ4v) is 4.29. The van der Waals surface area contributed by atoms with Crippen molar-refractivity contribution >= 4 is 11.6 Å². The van der Waals surface area contributed by atoms with Crippen LogP contribution in [-0.2, 0) is 18.1 Å². The molecule has 0 saturated heterocycles. The second-order valence-corrected chi connectivity index (χ2v) is 7.89. The van der Waals surface area contributed by atoms with Crippen molar-refractivity contribution < 1.29 is 13.2 Å². The Morgan fingerprint density at radius 3 is 2.65 bits per heavy atom. The standard InChI is InChI=1S/C22H25F3N6/c1-26-20(27-14-19-30-29-18-9-2-5-12-31(18)19)28-15-21(10-3-4-11-21)16-7-6-8-17(13-16)22(23,24)25/h2,5-9,12-13H,3-4,10-11,14-15H2,1H3,(H2,26,27,28). The third kappa shape index (κ3) is 4.50. The van der Waals surface area contributed by atoms with Crippen LogP contribution in [0, 0.1) is 0 Å². The maximum atomic E-state index is 13.2. The average Bonchev–Trinajstić information content (AvgIpc) is 3.41. The Morgan fingerprint density at radius 2 is 1.90 bits per heavy atom. The van der Waals surface area contributed by atoms with Gasteiger partial charge in [-0.3, -0.25) is 9.39 Å². The van der Waals surface area contributed by atoms with E-state index in [1.807, 2.05) is 28.8 Å². The Morgan fingerprint density at radius 1 is 1.10 bits per heavy atom. The smallest absolute Gasteiger partial charge is 0.356 e. The lowest BCUT2D eigenvalue weighted by atomic mass is 9.78. The molecule has 164 valence electrons. The molecule has 1 aliphatic rings. The SMILES string of the molecule is CN=C(NCc1nnc2ccccn12)NCC1(c2cccc(C(F)(F)F)c2)CCCC1. The van der Waals surface area contributed by atoms with Crippen molar-refractivity contribution in [1.29, 1.82) is 0 Å². The molecule has 9 heteroatoms. The number of rotatable bonds is 5. The largest absolute Gasteiger partial charge is 0.416 e. The highest BCUT2D eigenvalue weighted by molar-refractivity contribution is 5.79. The van der Waals surface area contributed by atoms with Gasteiger partial charge in [-0.2, -0.15) is 13.2 Å². The molecule has 2 aromatic heterocycles. The number of benzene rings is 1. The summed E-state index contributed by atoms with van der Waals surface area (Å²) in [5.41, 5.74) is 0.542. The summed E-state index contributed by atoms with van der Waals surface area (Å²) in [6.07, 6.45) is 1.22. The van der Waals surface area contributed by atoms with E-state index in [4.69, 9.17) is 0 Å². The van der Waals surface area contributed by atoms with Gasteiger partial charge in [0.1, 0.15) is 0 Å². The summed E-state index contributed by atoms with van der Waals surface area (Å²) in [5.74, 6) is 1.32. The molecule has 0 radical (unpaired) electrons. The highest BCUT2D eigenvalue weighted by Gasteiger charge is 2.38. The van der Waals surface area contributed by atoms with Crippen LogP contribution >= 0.6 is 0 Å². The number of nitrogens with one attached hydrogen (secondary N) is 2. The number of hydrogen-bond donors (Lipinski definition) is 2. The van der Waals surface area contributed by atoms with Crippen molar-refractivity contribution in [3.8, 4) is 0 Å². The second-order valence-electron chi connectivity index (χ2n) is 7.89.